The normalized spacial score (nSPS) is 13.5. The van der Waals surface area contributed by atoms with E-state index in [0.29, 0.717) is 5.92 Å². The number of aromatic nitrogens is 2. The van der Waals surface area contributed by atoms with Crippen molar-refractivity contribution in [2.45, 2.75) is 33.7 Å². The highest BCUT2D eigenvalue weighted by atomic mass is 79.9. The van der Waals surface area contributed by atoms with Crippen LogP contribution >= 0.6 is 15.9 Å². The molecule has 0 radical (unpaired) electrons. The predicted octanol–water partition coefficient (Wildman–Crippen LogP) is 3.11. The molecule has 1 aromatic heterocycles. The van der Waals surface area contributed by atoms with Crippen molar-refractivity contribution in [3.63, 3.8) is 0 Å². The third kappa shape index (κ3) is 3.12. The van der Waals surface area contributed by atoms with E-state index in [0.717, 1.165) is 24.2 Å². The molecule has 14 heavy (non-hydrogen) atoms. The van der Waals surface area contributed by atoms with Gasteiger partial charge in [-0.3, -0.25) is 4.68 Å². The zero-order chi connectivity index (χ0) is 10.6. The molecule has 0 spiro atoms. The number of nitrogens with zero attached hydrogens (tertiary/aromatic N) is 2. The van der Waals surface area contributed by atoms with E-state index in [2.05, 4.69) is 48.0 Å². The van der Waals surface area contributed by atoms with E-state index in [-0.39, 0.29) is 0 Å². The van der Waals surface area contributed by atoms with E-state index < -0.39 is 0 Å². The Kier molecular flexibility index (Phi) is 4.66. The number of aryl methyl sites for hydroxylation is 1. The zero-order valence-corrected chi connectivity index (χ0v) is 10.8. The Hall–Kier alpha value is -0.310. The van der Waals surface area contributed by atoms with Gasteiger partial charge in [-0.25, -0.2) is 0 Å². The van der Waals surface area contributed by atoms with Crippen LogP contribution in [0.15, 0.2) is 12.4 Å². The van der Waals surface area contributed by atoms with Gasteiger partial charge in [-0.15, -0.1) is 0 Å². The van der Waals surface area contributed by atoms with Gasteiger partial charge in [-0.1, -0.05) is 29.8 Å². The fourth-order valence-electron chi connectivity index (χ4n) is 1.46. The third-order valence-electron chi connectivity index (χ3n) is 2.65. The van der Waals surface area contributed by atoms with E-state index >= 15 is 0 Å². The zero-order valence-electron chi connectivity index (χ0n) is 9.20. The fraction of sp³-hybridized carbons (Fsp3) is 0.727. The Morgan fingerprint density at radius 1 is 1.50 bits per heavy atom. The second kappa shape index (κ2) is 5.54. The Morgan fingerprint density at radius 2 is 2.21 bits per heavy atom. The van der Waals surface area contributed by atoms with Crippen molar-refractivity contribution in [3.8, 4) is 0 Å². The van der Waals surface area contributed by atoms with Crippen LogP contribution in [0, 0.1) is 11.8 Å². The molecule has 0 saturated heterocycles. The lowest BCUT2D eigenvalue weighted by Crippen LogP contribution is -2.13. The summed E-state index contributed by atoms with van der Waals surface area (Å²) in [4.78, 5) is 0. The molecule has 0 aliphatic heterocycles. The fourth-order valence-corrected chi connectivity index (χ4v) is 2.43. The second-order valence-corrected chi connectivity index (χ2v) is 4.71. The van der Waals surface area contributed by atoms with Crippen LogP contribution in [0.4, 0.5) is 0 Å². The lowest BCUT2D eigenvalue weighted by molar-refractivity contribution is 0.427. The van der Waals surface area contributed by atoms with Crippen LogP contribution in [-0.4, -0.2) is 15.1 Å². The Balaban J connectivity index is 2.57. The van der Waals surface area contributed by atoms with Gasteiger partial charge in [0.1, 0.15) is 0 Å². The molecule has 0 aliphatic carbocycles. The monoisotopic (exact) mass is 258 g/mol. The molecule has 0 N–H and O–H groups in total. The Morgan fingerprint density at radius 3 is 2.64 bits per heavy atom. The Labute approximate surface area is 94.8 Å². The molecule has 0 amide bonds. The summed E-state index contributed by atoms with van der Waals surface area (Å²) < 4.78 is 1.99. The van der Waals surface area contributed by atoms with Gasteiger partial charge in [-0.2, -0.15) is 5.10 Å². The van der Waals surface area contributed by atoms with E-state index in [1.54, 1.807) is 0 Å². The van der Waals surface area contributed by atoms with E-state index in [4.69, 9.17) is 0 Å². The van der Waals surface area contributed by atoms with Crippen LogP contribution in [0.2, 0.25) is 0 Å². The summed E-state index contributed by atoms with van der Waals surface area (Å²) in [5.41, 5.74) is 1.35. The molecule has 1 rings (SSSR count). The molecule has 2 nitrogen and oxygen atoms in total. The summed E-state index contributed by atoms with van der Waals surface area (Å²) in [6, 6.07) is 0. The SMILES string of the molecule is CCn1cc(CC(CBr)C(C)C)cn1. The van der Waals surface area contributed by atoms with Crippen LogP contribution in [0.25, 0.3) is 0 Å². The first-order valence-electron chi connectivity index (χ1n) is 5.24. The number of hydrogen-bond donors (Lipinski definition) is 0. The molecule has 0 aromatic carbocycles. The predicted molar refractivity (Wildman–Crippen MR) is 63.7 cm³/mol. The summed E-state index contributed by atoms with van der Waals surface area (Å²) in [7, 11) is 0. The molecule has 3 heteroatoms. The van der Waals surface area contributed by atoms with E-state index in [1.165, 1.54) is 5.56 Å². The van der Waals surface area contributed by atoms with Crippen LogP contribution in [-0.2, 0) is 13.0 Å². The third-order valence-corrected chi connectivity index (χ3v) is 3.48. The highest BCUT2D eigenvalue weighted by Gasteiger charge is 2.13. The molecule has 0 fully saturated rings. The van der Waals surface area contributed by atoms with E-state index in [1.807, 2.05) is 10.9 Å². The minimum atomic E-state index is 0.713. The topological polar surface area (TPSA) is 17.8 Å². The smallest absolute Gasteiger partial charge is 0.0521 e. The summed E-state index contributed by atoms with van der Waals surface area (Å²) in [5, 5.41) is 5.35. The number of alkyl halides is 1. The number of halogens is 1. The van der Waals surface area contributed by atoms with Crippen molar-refractivity contribution in [3.05, 3.63) is 18.0 Å². The quantitative estimate of drug-likeness (QED) is 0.743. The van der Waals surface area contributed by atoms with Crippen molar-refractivity contribution in [1.29, 1.82) is 0 Å². The van der Waals surface area contributed by atoms with Gasteiger partial charge in [-0.05, 0) is 30.7 Å². The number of rotatable bonds is 5. The van der Waals surface area contributed by atoms with Gasteiger partial charge in [0.25, 0.3) is 0 Å². The van der Waals surface area contributed by atoms with E-state index in [9.17, 15) is 0 Å². The molecule has 80 valence electrons. The molecule has 0 aliphatic rings. The van der Waals surface area contributed by atoms with Crippen molar-refractivity contribution in [2.75, 3.05) is 5.33 Å². The lowest BCUT2D eigenvalue weighted by Gasteiger charge is -2.16. The van der Waals surface area contributed by atoms with Gasteiger partial charge in [0.05, 0.1) is 6.20 Å². The second-order valence-electron chi connectivity index (χ2n) is 4.07. The molecular formula is C11H19BrN2. The molecule has 1 heterocycles. The maximum atomic E-state index is 4.28. The molecule has 0 saturated carbocycles. The summed E-state index contributed by atoms with van der Waals surface area (Å²) >= 11 is 3.57. The highest BCUT2D eigenvalue weighted by molar-refractivity contribution is 9.09. The first-order valence-corrected chi connectivity index (χ1v) is 6.36. The van der Waals surface area contributed by atoms with Crippen molar-refractivity contribution in [2.24, 2.45) is 11.8 Å². The van der Waals surface area contributed by atoms with Crippen molar-refractivity contribution < 1.29 is 0 Å². The van der Waals surface area contributed by atoms with Gasteiger partial charge in [0.15, 0.2) is 0 Å². The largest absolute Gasteiger partial charge is 0.273 e. The summed E-state index contributed by atoms with van der Waals surface area (Å²) in [6.07, 6.45) is 5.27. The maximum Gasteiger partial charge on any atom is 0.0521 e. The van der Waals surface area contributed by atoms with Crippen LogP contribution < -0.4 is 0 Å². The first-order chi connectivity index (χ1) is 6.67. The maximum absolute atomic E-state index is 4.28. The highest BCUT2D eigenvalue weighted by Crippen LogP contribution is 2.18. The molecule has 0 bridgehead atoms. The van der Waals surface area contributed by atoms with Crippen LogP contribution in [0.5, 0.6) is 0 Å². The summed E-state index contributed by atoms with van der Waals surface area (Å²) in [6.45, 7) is 7.62. The Bertz CT molecular complexity index is 268. The minimum Gasteiger partial charge on any atom is -0.273 e. The van der Waals surface area contributed by atoms with Crippen molar-refractivity contribution in [1.82, 2.24) is 9.78 Å². The molecule has 1 aromatic rings. The van der Waals surface area contributed by atoms with Crippen LogP contribution in [0.3, 0.4) is 0 Å². The van der Waals surface area contributed by atoms with Crippen LogP contribution in [0.1, 0.15) is 26.3 Å². The average Bonchev–Trinajstić information content (AvgIpc) is 2.61. The minimum absolute atomic E-state index is 0.713. The van der Waals surface area contributed by atoms with Gasteiger partial charge in [0.2, 0.25) is 0 Å². The molecule has 1 atom stereocenters. The van der Waals surface area contributed by atoms with Gasteiger partial charge in [0, 0.05) is 18.1 Å². The number of hydrogen-bond acceptors (Lipinski definition) is 1. The molecule has 1 unspecified atom stereocenters. The standard InChI is InChI=1S/C11H19BrN2/c1-4-14-8-10(7-13-14)5-11(6-12)9(2)3/h7-9,11H,4-6H2,1-3H3. The lowest BCUT2D eigenvalue weighted by atomic mass is 9.92. The first kappa shape index (κ1) is 11.8. The van der Waals surface area contributed by atoms with Gasteiger partial charge >= 0.3 is 0 Å². The molecular weight excluding hydrogens is 240 g/mol. The average molecular weight is 259 g/mol. The summed E-state index contributed by atoms with van der Waals surface area (Å²) in [5.74, 6) is 1.43. The van der Waals surface area contributed by atoms with Gasteiger partial charge < -0.3 is 0 Å². The van der Waals surface area contributed by atoms with Crippen molar-refractivity contribution >= 4 is 15.9 Å².